The number of nitrogens with zero attached hydrogens (tertiary/aromatic N) is 1. The van der Waals surface area contributed by atoms with E-state index in [2.05, 4.69) is 10.3 Å². The number of alkyl halides is 3. The van der Waals surface area contributed by atoms with Gasteiger partial charge in [-0.05, 0) is 18.2 Å². The van der Waals surface area contributed by atoms with Crippen molar-refractivity contribution in [2.24, 2.45) is 0 Å². The first-order chi connectivity index (χ1) is 9.88. The summed E-state index contributed by atoms with van der Waals surface area (Å²) in [5, 5.41) is 13.1. The molecule has 3 nitrogen and oxygen atoms in total. The lowest BCUT2D eigenvalue weighted by Gasteiger charge is -2.14. The molecule has 2 N–H and O–H groups in total. The Hall–Kier alpha value is -1.79. The average Bonchev–Trinajstić information content (AvgIpc) is 2.45. The first kappa shape index (κ1) is 15.6. The molecule has 1 unspecified atom stereocenters. The number of hydrogen-bond acceptors (Lipinski definition) is 3. The molecule has 0 aliphatic heterocycles. The maximum Gasteiger partial charge on any atom is 0.433 e. The Morgan fingerprint density at radius 2 is 1.86 bits per heavy atom. The minimum Gasteiger partial charge on any atom is -0.387 e. The largest absolute Gasteiger partial charge is 0.433 e. The Labute approximate surface area is 124 Å². The van der Waals surface area contributed by atoms with Gasteiger partial charge in [0.15, 0.2) is 0 Å². The molecule has 0 aliphatic rings. The second kappa shape index (κ2) is 6.32. The fraction of sp³-hybridized carbons (Fsp3) is 0.214. The fourth-order valence-electron chi connectivity index (χ4n) is 1.75. The lowest BCUT2D eigenvalue weighted by atomic mass is 10.1. The van der Waals surface area contributed by atoms with Crippen LogP contribution in [-0.2, 0) is 6.18 Å². The minimum atomic E-state index is -4.50. The lowest BCUT2D eigenvalue weighted by molar-refractivity contribution is -0.141. The highest BCUT2D eigenvalue weighted by molar-refractivity contribution is 6.31. The molecule has 112 valence electrons. The van der Waals surface area contributed by atoms with E-state index in [0.717, 1.165) is 6.07 Å². The van der Waals surface area contributed by atoms with Gasteiger partial charge in [0.25, 0.3) is 0 Å². The van der Waals surface area contributed by atoms with Crippen LogP contribution in [0.15, 0.2) is 42.5 Å². The molecule has 1 aromatic carbocycles. The number of rotatable bonds is 4. The van der Waals surface area contributed by atoms with E-state index < -0.39 is 18.0 Å². The van der Waals surface area contributed by atoms with Gasteiger partial charge in [0.05, 0.1) is 6.10 Å². The van der Waals surface area contributed by atoms with Crippen LogP contribution in [-0.4, -0.2) is 16.6 Å². The Morgan fingerprint density at radius 3 is 2.52 bits per heavy atom. The van der Waals surface area contributed by atoms with Gasteiger partial charge in [-0.2, -0.15) is 13.2 Å². The third-order valence-corrected chi connectivity index (χ3v) is 3.12. The minimum absolute atomic E-state index is 0.00194. The number of pyridine rings is 1. The van der Waals surface area contributed by atoms with E-state index in [4.69, 9.17) is 11.6 Å². The zero-order valence-electron chi connectivity index (χ0n) is 10.7. The van der Waals surface area contributed by atoms with Crippen molar-refractivity contribution < 1.29 is 18.3 Å². The third kappa shape index (κ3) is 4.09. The SMILES string of the molecule is OC(CNc1cccc(C(F)(F)F)n1)c1ccccc1Cl. The summed E-state index contributed by atoms with van der Waals surface area (Å²) in [5.41, 5.74) is -0.488. The Kier molecular flexibility index (Phi) is 4.69. The van der Waals surface area contributed by atoms with Crippen LogP contribution in [0.1, 0.15) is 17.4 Å². The monoisotopic (exact) mass is 316 g/mol. The van der Waals surface area contributed by atoms with E-state index in [-0.39, 0.29) is 12.4 Å². The first-order valence-electron chi connectivity index (χ1n) is 6.08. The molecule has 0 amide bonds. The van der Waals surface area contributed by atoms with E-state index in [1.54, 1.807) is 24.3 Å². The smallest absolute Gasteiger partial charge is 0.387 e. The van der Waals surface area contributed by atoms with Crippen LogP contribution in [0.2, 0.25) is 5.02 Å². The normalized spacial score (nSPS) is 13.0. The van der Waals surface area contributed by atoms with Gasteiger partial charge in [-0.3, -0.25) is 0 Å². The second-order valence-electron chi connectivity index (χ2n) is 4.32. The number of halogens is 4. The van der Waals surface area contributed by atoms with Crippen LogP contribution in [0.4, 0.5) is 19.0 Å². The van der Waals surface area contributed by atoms with Crippen LogP contribution in [0.25, 0.3) is 0 Å². The lowest BCUT2D eigenvalue weighted by Crippen LogP contribution is -2.15. The number of hydrogen-bond donors (Lipinski definition) is 2. The highest BCUT2D eigenvalue weighted by Crippen LogP contribution is 2.28. The van der Waals surface area contributed by atoms with Crippen LogP contribution in [0.5, 0.6) is 0 Å². The summed E-state index contributed by atoms with van der Waals surface area (Å²) in [7, 11) is 0. The summed E-state index contributed by atoms with van der Waals surface area (Å²) in [6.07, 6.45) is -5.45. The Bertz CT molecular complexity index is 619. The van der Waals surface area contributed by atoms with Crippen molar-refractivity contribution >= 4 is 17.4 Å². The third-order valence-electron chi connectivity index (χ3n) is 2.78. The van der Waals surface area contributed by atoms with Crippen molar-refractivity contribution in [1.29, 1.82) is 0 Å². The Morgan fingerprint density at radius 1 is 1.14 bits per heavy atom. The van der Waals surface area contributed by atoms with E-state index in [1.165, 1.54) is 12.1 Å². The molecule has 2 rings (SSSR count). The summed E-state index contributed by atoms with van der Waals surface area (Å²) in [4.78, 5) is 3.45. The molecule has 0 bridgehead atoms. The van der Waals surface area contributed by atoms with Gasteiger partial charge in [0, 0.05) is 17.1 Å². The number of anilines is 1. The van der Waals surface area contributed by atoms with Gasteiger partial charge in [-0.15, -0.1) is 0 Å². The molecule has 0 spiro atoms. The van der Waals surface area contributed by atoms with E-state index >= 15 is 0 Å². The number of benzene rings is 1. The maximum atomic E-state index is 12.5. The fourth-order valence-corrected chi connectivity index (χ4v) is 2.01. The number of aliphatic hydroxyl groups is 1. The van der Waals surface area contributed by atoms with Crippen molar-refractivity contribution in [2.45, 2.75) is 12.3 Å². The predicted molar refractivity (Wildman–Crippen MR) is 74.1 cm³/mol. The standard InChI is InChI=1S/C14H12ClF3N2O/c15-10-5-2-1-4-9(10)11(21)8-19-13-7-3-6-12(20-13)14(16,17)18/h1-7,11,21H,8H2,(H,19,20). The molecule has 0 saturated carbocycles. The van der Waals surface area contributed by atoms with Crippen molar-refractivity contribution in [1.82, 2.24) is 4.98 Å². The van der Waals surface area contributed by atoms with Crippen LogP contribution in [0, 0.1) is 0 Å². The van der Waals surface area contributed by atoms with Gasteiger partial charge in [0.2, 0.25) is 0 Å². The quantitative estimate of drug-likeness (QED) is 0.899. The van der Waals surface area contributed by atoms with Gasteiger partial charge in [-0.25, -0.2) is 4.98 Å². The van der Waals surface area contributed by atoms with Crippen LogP contribution in [0.3, 0.4) is 0 Å². The summed E-state index contributed by atoms with van der Waals surface area (Å²) in [6, 6.07) is 10.2. The van der Waals surface area contributed by atoms with E-state index in [0.29, 0.717) is 10.6 Å². The van der Waals surface area contributed by atoms with Crippen molar-refractivity contribution in [3.8, 4) is 0 Å². The molecule has 1 heterocycles. The highest BCUT2D eigenvalue weighted by atomic mass is 35.5. The number of nitrogens with one attached hydrogen (secondary N) is 1. The summed E-state index contributed by atoms with van der Waals surface area (Å²) >= 11 is 5.93. The van der Waals surface area contributed by atoms with Gasteiger partial charge >= 0.3 is 6.18 Å². The van der Waals surface area contributed by atoms with Crippen molar-refractivity contribution in [2.75, 3.05) is 11.9 Å². The van der Waals surface area contributed by atoms with E-state index in [9.17, 15) is 18.3 Å². The molecule has 21 heavy (non-hydrogen) atoms. The van der Waals surface area contributed by atoms with Gasteiger partial charge in [-0.1, -0.05) is 35.9 Å². The summed E-state index contributed by atoms with van der Waals surface area (Å²) in [5.74, 6) is 0.0379. The van der Waals surface area contributed by atoms with Crippen molar-refractivity contribution in [3.05, 3.63) is 58.7 Å². The molecule has 0 fully saturated rings. The second-order valence-corrected chi connectivity index (χ2v) is 4.73. The zero-order chi connectivity index (χ0) is 15.5. The van der Waals surface area contributed by atoms with Gasteiger partial charge < -0.3 is 10.4 Å². The topological polar surface area (TPSA) is 45.1 Å². The van der Waals surface area contributed by atoms with Crippen LogP contribution < -0.4 is 5.32 Å². The zero-order valence-corrected chi connectivity index (χ0v) is 11.5. The first-order valence-corrected chi connectivity index (χ1v) is 6.46. The number of aromatic nitrogens is 1. The molecule has 0 saturated heterocycles. The average molecular weight is 317 g/mol. The summed E-state index contributed by atoms with van der Waals surface area (Å²) in [6.45, 7) is -0.00194. The van der Waals surface area contributed by atoms with Crippen LogP contribution >= 0.6 is 11.6 Å². The summed E-state index contributed by atoms with van der Waals surface area (Å²) < 4.78 is 37.6. The molecule has 2 aromatic rings. The predicted octanol–water partition coefficient (Wildman–Crippen LogP) is 3.90. The highest BCUT2D eigenvalue weighted by Gasteiger charge is 2.32. The molecule has 0 aliphatic carbocycles. The molecule has 0 radical (unpaired) electrons. The Balaban J connectivity index is 2.05. The molecular weight excluding hydrogens is 305 g/mol. The number of aliphatic hydroxyl groups excluding tert-OH is 1. The molecule has 1 aromatic heterocycles. The maximum absolute atomic E-state index is 12.5. The van der Waals surface area contributed by atoms with E-state index in [1.807, 2.05) is 0 Å². The molecule has 1 atom stereocenters. The molecular formula is C14H12ClF3N2O. The molecule has 7 heteroatoms. The van der Waals surface area contributed by atoms with Gasteiger partial charge in [0.1, 0.15) is 11.5 Å². The van der Waals surface area contributed by atoms with Crippen molar-refractivity contribution in [3.63, 3.8) is 0 Å².